The van der Waals surface area contributed by atoms with Crippen LogP contribution in [0.2, 0.25) is 0 Å². The molecule has 0 radical (unpaired) electrons. The Bertz CT molecular complexity index is 1330. The molecule has 1 aliphatic rings. The number of aliphatic hydroxyl groups is 2. The molecule has 264 valence electrons. The summed E-state index contributed by atoms with van der Waals surface area (Å²) in [6, 6.07) is 6.29. The van der Waals surface area contributed by atoms with Gasteiger partial charge >= 0.3 is 0 Å². The summed E-state index contributed by atoms with van der Waals surface area (Å²) >= 11 is 1.59. The lowest BCUT2D eigenvalue weighted by Gasteiger charge is -2.39. The maximum Gasteiger partial charge on any atom is 0.243 e. The number of thiazole rings is 1. The van der Waals surface area contributed by atoms with Crippen molar-refractivity contribution in [1.29, 1.82) is 0 Å². The summed E-state index contributed by atoms with van der Waals surface area (Å²) in [5.74, 6) is -0.679. The highest BCUT2D eigenvalue weighted by Gasteiger charge is 2.44. The lowest BCUT2D eigenvalue weighted by molar-refractivity contribution is -0.145. The first-order chi connectivity index (χ1) is 21.6. The van der Waals surface area contributed by atoms with Crippen molar-refractivity contribution in [3.05, 3.63) is 41.0 Å². The van der Waals surface area contributed by atoms with Gasteiger partial charge in [-0.1, -0.05) is 65.8 Å². The standard InChI is InChI=1S/C36H58N4O6S/c1-23-29(47-22-38-23)25-14-12-24(13-15-25)19-37-31(43)27-18-26(41)20-40(27)32(44)30(33(2,3)4)39-28(42)21-46-35(8,9)16-17-45-36(10,11)34(5,6)7/h12-15,22,26-28,30,39,41-42H,16-21H2,1-11H3,(H,37,43)/t26?,27?,28?,30-/m1/s1. The van der Waals surface area contributed by atoms with Crippen LogP contribution >= 0.6 is 11.3 Å². The van der Waals surface area contributed by atoms with E-state index < -0.39 is 35.4 Å². The highest BCUT2D eigenvalue weighted by atomic mass is 32.1. The van der Waals surface area contributed by atoms with Crippen molar-refractivity contribution in [1.82, 2.24) is 20.5 Å². The van der Waals surface area contributed by atoms with Gasteiger partial charge < -0.3 is 29.9 Å². The zero-order chi connectivity index (χ0) is 35.4. The smallest absolute Gasteiger partial charge is 0.243 e. The number of β-amino-alcohol motifs (C(OH)–C–C–N with tert-alkyl or cyclic N) is 1. The third-order valence-electron chi connectivity index (χ3n) is 9.37. The number of hydrogen-bond acceptors (Lipinski definition) is 9. The molecule has 10 nitrogen and oxygen atoms in total. The lowest BCUT2D eigenvalue weighted by Crippen LogP contribution is -2.59. The third kappa shape index (κ3) is 10.8. The third-order valence-corrected chi connectivity index (χ3v) is 10.3. The molecule has 2 aromatic rings. The van der Waals surface area contributed by atoms with Gasteiger partial charge in [0.1, 0.15) is 12.3 Å². The molecule has 3 unspecified atom stereocenters. The molecule has 1 aliphatic heterocycles. The quantitative estimate of drug-likeness (QED) is 0.205. The Morgan fingerprint density at radius 3 is 2.23 bits per heavy atom. The Hall–Kier alpha value is -2.41. The summed E-state index contributed by atoms with van der Waals surface area (Å²) in [6.45, 7) is 23.0. The van der Waals surface area contributed by atoms with Crippen molar-refractivity contribution < 1.29 is 29.3 Å². The van der Waals surface area contributed by atoms with Gasteiger partial charge in [-0.2, -0.15) is 0 Å². The number of aromatic nitrogens is 1. The molecule has 4 N–H and O–H groups in total. The van der Waals surface area contributed by atoms with E-state index in [1.807, 2.05) is 71.3 Å². The fourth-order valence-corrected chi connectivity index (χ4v) is 6.02. The molecular weight excluding hydrogens is 616 g/mol. The molecule has 11 heteroatoms. The predicted octanol–water partition coefficient (Wildman–Crippen LogP) is 5.05. The number of aliphatic hydroxyl groups excluding tert-OH is 2. The number of aryl methyl sites for hydroxylation is 1. The van der Waals surface area contributed by atoms with Crippen LogP contribution < -0.4 is 10.6 Å². The summed E-state index contributed by atoms with van der Waals surface area (Å²) in [4.78, 5) is 34.2. The molecule has 0 saturated carbocycles. The van der Waals surface area contributed by atoms with E-state index >= 15 is 0 Å². The van der Waals surface area contributed by atoms with Crippen molar-refractivity contribution in [2.45, 2.75) is 131 Å². The molecule has 2 heterocycles. The number of benzene rings is 1. The maximum absolute atomic E-state index is 14.0. The average molecular weight is 675 g/mol. The number of carbonyl (C=O) groups is 2. The molecule has 1 saturated heterocycles. The van der Waals surface area contributed by atoms with Gasteiger partial charge in [-0.15, -0.1) is 11.3 Å². The zero-order valence-electron chi connectivity index (χ0n) is 30.3. The largest absolute Gasteiger partial charge is 0.391 e. The second kappa shape index (κ2) is 15.4. The van der Waals surface area contributed by atoms with Crippen LogP contribution in [-0.4, -0.2) is 87.3 Å². The van der Waals surface area contributed by atoms with Crippen molar-refractivity contribution >= 4 is 23.2 Å². The molecule has 0 bridgehead atoms. The minimum absolute atomic E-state index is 0.0219. The Kier molecular flexibility index (Phi) is 12.8. The number of rotatable bonds is 14. The summed E-state index contributed by atoms with van der Waals surface area (Å²) in [7, 11) is 0. The maximum atomic E-state index is 14.0. The molecular formula is C36H58N4O6S. The van der Waals surface area contributed by atoms with Gasteiger partial charge in [0, 0.05) is 19.5 Å². The predicted molar refractivity (Wildman–Crippen MR) is 187 cm³/mol. The summed E-state index contributed by atoms with van der Waals surface area (Å²) in [6.07, 6.45) is -1.19. The van der Waals surface area contributed by atoms with Gasteiger partial charge in [0.05, 0.1) is 52.6 Å². The minimum Gasteiger partial charge on any atom is -0.391 e. The fourth-order valence-electron chi connectivity index (χ4n) is 5.21. The molecule has 0 spiro atoms. The van der Waals surface area contributed by atoms with E-state index in [0.717, 1.165) is 21.7 Å². The van der Waals surface area contributed by atoms with Crippen LogP contribution in [0.4, 0.5) is 0 Å². The second-order valence-corrected chi connectivity index (χ2v) is 16.8. The van der Waals surface area contributed by atoms with E-state index in [2.05, 4.69) is 50.2 Å². The van der Waals surface area contributed by atoms with Crippen LogP contribution in [0.15, 0.2) is 29.8 Å². The van der Waals surface area contributed by atoms with Crippen LogP contribution in [0, 0.1) is 17.8 Å². The zero-order valence-corrected chi connectivity index (χ0v) is 31.1. The number of carbonyl (C=O) groups excluding carboxylic acids is 2. The van der Waals surface area contributed by atoms with Gasteiger partial charge in [-0.05, 0) is 63.0 Å². The summed E-state index contributed by atoms with van der Waals surface area (Å²) in [5.41, 5.74) is 3.29. The Labute approximate surface area is 285 Å². The van der Waals surface area contributed by atoms with Crippen molar-refractivity contribution in [3.63, 3.8) is 0 Å². The topological polar surface area (TPSA) is 133 Å². The molecule has 2 amide bonds. The number of likely N-dealkylation sites (tertiary alicyclic amines) is 1. The summed E-state index contributed by atoms with van der Waals surface area (Å²) in [5, 5.41) is 27.5. The van der Waals surface area contributed by atoms with Gasteiger partial charge in [0.25, 0.3) is 0 Å². The molecule has 1 fully saturated rings. The molecule has 1 aromatic heterocycles. The SMILES string of the molecule is Cc1ncsc1-c1ccc(CNC(=O)C2CC(O)CN2C(=O)[C@@H](NC(O)COC(C)(C)CCOC(C)(C)C(C)(C)C)C(C)(C)C)cc1. The number of ether oxygens (including phenoxy) is 2. The normalized spacial score (nSPS) is 19.1. The monoisotopic (exact) mass is 674 g/mol. The highest BCUT2D eigenvalue weighted by molar-refractivity contribution is 7.13. The van der Waals surface area contributed by atoms with Crippen LogP contribution in [0.5, 0.6) is 0 Å². The molecule has 0 aliphatic carbocycles. The molecule has 47 heavy (non-hydrogen) atoms. The minimum atomic E-state index is -1.13. The first-order valence-electron chi connectivity index (χ1n) is 16.6. The number of nitrogens with zero attached hydrogens (tertiary/aromatic N) is 2. The van der Waals surface area contributed by atoms with Gasteiger partial charge in [0.2, 0.25) is 11.8 Å². The Morgan fingerprint density at radius 2 is 1.68 bits per heavy atom. The van der Waals surface area contributed by atoms with Crippen molar-refractivity contribution in [2.24, 2.45) is 10.8 Å². The molecule has 4 atom stereocenters. The summed E-state index contributed by atoms with van der Waals surface area (Å²) < 4.78 is 12.2. The highest BCUT2D eigenvalue weighted by Crippen LogP contribution is 2.34. The van der Waals surface area contributed by atoms with Crippen LogP contribution in [0.3, 0.4) is 0 Å². The number of nitrogens with one attached hydrogen (secondary N) is 2. The van der Waals surface area contributed by atoms with E-state index in [1.165, 1.54) is 4.90 Å². The van der Waals surface area contributed by atoms with E-state index in [9.17, 15) is 19.8 Å². The second-order valence-electron chi connectivity index (χ2n) is 16.0. The van der Waals surface area contributed by atoms with E-state index in [0.29, 0.717) is 19.6 Å². The number of hydrogen-bond donors (Lipinski definition) is 4. The first-order valence-corrected chi connectivity index (χ1v) is 17.5. The van der Waals surface area contributed by atoms with E-state index in [-0.39, 0.29) is 42.4 Å². The van der Waals surface area contributed by atoms with Gasteiger partial charge in [0.15, 0.2) is 0 Å². The van der Waals surface area contributed by atoms with Crippen LogP contribution in [0.25, 0.3) is 10.4 Å². The van der Waals surface area contributed by atoms with Crippen molar-refractivity contribution in [2.75, 3.05) is 19.8 Å². The van der Waals surface area contributed by atoms with Gasteiger partial charge in [-0.3, -0.25) is 14.9 Å². The van der Waals surface area contributed by atoms with E-state index in [4.69, 9.17) is 9.47 Å². The van der Waals surface area contributed by atoms with E-state index in [1.54, 1.807) is 11.3 Å². The van der Waals surface area contributed by atoms with Crippen LogP contribution in [0.1, 0.15) is 93.3 Å². The lowest BCUT2D eigenvalue weighted by atomic mass is 9.79. The average Bonchev–Trinajstić information content (AvgIpc) is 3.57. The molecule has 3 rings (SSSR count). The Morgan fingerprint density at radius 1 is 1.04 bits per heavy atom. The van der Waals surface area contributed by atoms with Crippen LogP contribution in [-0.2, 0) is 25.6 Å². The first kappa shape index (κ1) is 39.0. The van der Waals surface area contributed by atoms with Gasteiger partial charge in [-0.25, -0.2) is 4.98 Å². The number of amides is 2. The fraction of sp³-hybridized carbons (Fsp3) is 0.694. The Balaban J connectivity index is 1.58. The van der Waals surface area contributed by atoms with Crippen molar-refractivity contribution in [3.8, 4) is 10.4 Å². The molecule has 1 aromatic carbocycles.